The molecule has 0 atom stereocenters. The molecule has 0 bridgehead atoms. The summed E-state index contributed by atoms with van der Waals surface area (Å²) in [6.07, 6.45) is 0. The zero-order valence-corrected chi connectivity index (χ0v) is 12.7. The zero-order valence-electron chi connectivity index (χ0n) is 11.9. The SMILES string of the molecule is Cc1ccc(-n2c(Nc3cccc(C)c3)n[nH]c2=S)cc1. The van der Waals surface area contributed by atoms with Crippen LogP contribution in [0.5, 0.6) is 0 Å². The minimum absolute atomic E-state index is 0.564. The molecular weight excluding hydrogens is 280 g/mol. The highest BCUT2D eigenvalue weighted by molar-refractivity contribution is 7.71. The molecule has 0 spiro atoms. The first kappa shape index (κ1) is 13.6. The summed E-state index contributed by atoms with van der Waals surface area (Å²) < 4.78 is 2.45. The second kappa shape index (κ2) is 5.54. The van der Waals surface area contributed by atoms with Crippen LogP contribution < -0.4 is 5.32 Å². The highest BCUT2D eigenvalue weighted by Crippen LogP contribution is 2.20. The van der Waals surface area contributed by atoms with Gasteiger partial charge in [-0.15, -0.1) is 5.10 Å². The van der Waals surface area contributed by atoms with Gasteiger partial charge in [0.05, 0.1) is 5.69 Å². The fourth-order valence-corrected chi connectivity index (χ4v) is 2.40. The Hall–Kier alpha value is -2.40. The van der Waals surface area contributed by atoms with Crippen LogP contribution in [0.15, 0.2) is 48.5 Å². The Bertz CT molecular complexity index is 815. The summed E-state index contributed by atoms with van der Waals surface area (Å²) in [5.74, 6) is 0.675. The van der Waals surface area contributed by atoms with Crippen LogP contribution in [-0.4, -0.2) is 14.8 Å². The van der Waals surface area contributed by atoms with E-state index in [0.29, 0.717) is 10.7 Å². The minimum Gasteiger partial charge on any atom is -0.324 e. The molecule has 0 aliphatic carbocycles. The number of aromatic amines is 1. The van der Waals surface area contributed by atoms with Crippen LogP contribution in [0.2, 0.25) is 0 Å². The van der Waals surface area contributed by atoms with Crippen molar-refractivity contribution in [3.8, 4) is 5.69 Å². The van der Waals surface area contributed by atoms with Crippen LogP contribution in [0, 0.1) is 18.6 Å². The fourth-order valence-electron chi connectivity index (χ4n) is 2.17. The van der Waals surface area contributed by atoms with E-state index >= 15 is 0 Å². The van der Waals surface area contributed by atoms with Gasteiger partial charge >= 0.3 is 0 Å². The van der Waals surface area contributed by atoms with Gasteiger partial charge in [-0.2, -0.15) is 0 Å². The maximum absolute atomic E-state index is 5.33. The Morgan fingerprint density at radius 2 is 1.81 bits per heavy atom. The number of aromatic nitrogens is 3. The average Bonchev–Trinajstić information content (AvgIpc) is 2.81. The van der Waals surface area contributed by atoms with Crippen LogP contribution in [0.25, 0.3) is 5.69 Å². The lowest BCUT2D eigenvalue weighted by atomic mass is 10.2. The van der Waals surface area contributed by atoms with Crippen LogP contribution >= 0.6 is 12.2 Å². The molecule has 3 aromatic rings. The quantitative estimate of drug-likeness (QED) is 0.709. The maximum Gasteiger partial charge on any atom is 0.232 e. The number of rotatable bonds is 3. The number of hydrogen-bond donors (Lipinski definition) is 2. The molecule has 2 N–H and O–H groups in total. The van der Waals surface area contributed by atoms with E-state index in [1.807, 2.05) is 28.8 Å². The molecule has 1 aromatic heterocycles. The molecule has 0 saturated carbocycles. The molecule has 0 aliphatic heterocycles. The molecule has 0 aliphatic rings. The molecule has 3 rings (SSSR count). The first-order valence-corrected chi connectivity index (χ1v) is 7.12. The Kier molecular flexibility index (Phi) is 3.58. The fraction of sp³-hybridized carbons (Fsp3) is 0.125. The highest BCUT2D eigenvalue weighted by Gasteiger charge is 2.08. The van der Waals surface area contributed by atoms with E-state index in [4.69, 9.17) is 12.2 Å². The normalized spacial score (nSPS) is 10.6. The van der Waals surface area contributed by atoms with E-state index < -0.39 is 0 Å². The van der Waals surface area contributed by atoms with Crippen molar-refractivity contribution in [1.29, 1.82) is 0 Å². The number of aryl methyl sites for hydroxylation is 2. The molecule has 0 fully saturated rings. The van der Waals surface area contributed by atoms with E-state index in [-0.39, 0.29) is 0 Å². The maximum atomic E-state index is 5.33. The van der Waals surface area contributed by atoms with Crippen molar-refractivity contribution in [3.63, 3.8) is 0 Å². The Balaban J connectivity index is 2.01. The number of hydrogen-bond acceptors (Lipinski definition) is 3. The van der Waals surface area contributed by atoms with E-state index in [0.717, 1.165) is 11.4 Å². The van der Waals surface area contributed by atoms with Gasteiger partial charge in [0.1, 0.15) is 0 Å². The molecule has 4 nitrogen and oxygen atoms in total. The molecule has 0 saturated heterocycles. The average molecular weight is 296 g/mol. The molecular formula is C16H16N4S. The van der Waals surface area contributed by atoms with Crippen molar-refractivity contribution in [3.05, 3.63) is 64.4 Å². The van der Waals surface area contributed by atoms with Crippen LogP contribution in [0.1, 0.15) is 11.1 Å². The lowest BCUT2D eigenvalue weighted by molar-refractivity contribution is 1.03. The second-order valence-corrected chi connectivity index (χ2v) is 5.40. The summed E-state index contributed by atoms with van der Waals surface area (Å²) >= 11 is 5.33. The largest absolute Gasteiger partial charge is 0.324 e. The van der Waals surface area contributed by atoms with Crippen LogP contribution in [0.4, 0.5) is 11.6 Å². The Morgan fingerprint density at radius 3 is 2.52 bits per heavy atom. The molecule has 2 aromatic carbocycles. The summed E-state index contributed by atoms with van der Waals surface area (Å²) in [5, 5.41) is 10.4. The third kappa shape index (κ3) is 2.87. The van der Waals surface area contributed by atoms with E-state index in [9.17, 15) is 0 Å². The first-order valence-electron chi connectivity index (χ1n) is 6.71. The summed E-state index contributed by atoms with van der Waals surface area (Å²) in [7, 11) is 0. The van der Waals surface area contributed by atoms with Gasteiger partial charge in [0.2, 0.25) is 10.7 Å². The number of anilines is 2. The third-order valence-electron chi connectivity index (χ3n) is 3.24. The van der Waals surface area contributed by atoms with E-state index in [1.54, 1.807) is 0 Å². The van der Waals surface area contributed by atoms with Crippen LogP contribution in [-0.2, 0) is 0 Å². The van der Waals surface area contributed by atoms with Crippen molar-refractivity contribution in [1.82, 2.24) is 14.8 Å². The summed E-state index contributed by atoms with van der Waals surface area (Å²) in [6.45, 7) is 4.12. The van der Waals surface area contributed by atoms with Gasteiger partial charge in [-0.3, -0.25) is 4.57 Å². The molecule has 21 heavy (non-hydrogen) atoms. The molecule has 5 heteroatoms. The van der Waals surface area contributed by atoms with E-state index in [1.165, 1.54) is 11.1 Å². The van der Waals surface area contributed by atoms with Gasteiger partial charge in [0.15, 0.2) is 0 Å². The molecule has 106 valence electrons. The topological polar surface area (TPSA) is 45.6 Å². The lowest BCUT2D eigenvalue weighted by Gasteiger charge is -2.09. The first-order chi connectivity index (χ1) is 10.1. The van der Waals surface area contributed by atoms with Crippen molar-refractivity contribution in [2.75, 3.05) is 5.32 Å². The Labute approximate surface area is 128 Å². The van der Waals surface area contributed by atoms with Crippen molar-refractivity contribution >= 4 is 23.9 Å². The summed E-state index contributed by atoms with van der Waals surface area (Å²) in [6, 6.07) is 16.3. The van der Waals surface area contributed by atoms with Crippen molar-refractivity contribution in [2.24, 2.45) is 0 Å². The molecule has 0 amide bonds. The molecule has 1 heterocycles. The monoisotopic (exact) mass is 296 g/mol. The van der Waals surface area contributed by atoms with Gasteiger partial charge in [0, 0.05) is 5.69 Å². The highest BCUT2D eigenvalue weighted by atomic mass is 32.1. The molecule has 0 radical (unpaired) electrons. The molecule has 0 unspecified atom stereocenters. The minimum atomic E-state index is 0.564. The van der Waals surface area contributed by atoms with Crippen molar-refractivity contribution in [2.45, 2.75) is 13.8 Å². The van der Waals surface area contributed by atoms with Gasteiger partial charge in [0.25, 0.3) is 0 Å². The number of nitrogens with one attached hydrogen (secondary N) is 2. The standard InChI is InChI=1S/C16H16N4S/c1-11-6-8-14(9-7-11)20-15(18-19-16(20)21)17-13-5-3-4-12(2)10-13/h3-10H,1-2H3,(H,17,18)(H,19,21). The van der Waals surface area contributed by atoms with Gasteiger partial charge in [-0.05, 0) is 55.9 Å². The number of nitrogens with zero attached hydrogens (tertiary/aromatic N) is 2. The smallest absolute Gasteiger partial charge is 0.232 e. The zero-order chi connectivity index (χ0) is 14.8. The summed E-state index contributed by atoms with van der Waals surface area (Å²) in [4.78, 5) is 0. The lowest BCUT2D eigenvalue weighted by Crippen LogP contribution is -2.02. The van der Waals surface area contributed by atoms with Gasteiger partial charge in [-0.1, -0.05) is 29.8 Å². The van der Waals surface area contributed by atoms with Crippen molar-refractivity contribution < 1.29 is 0 Å². The predicted octanol–water partition coefficient (Wildman–Crippen LogP) is 4.29. The Morgan fingerprint density at radius 1 is 1.05 bits per heavy atom. The predicted molar refractivity (Wildman–Crippen MR) is 87.9 cm³/mol. The summed E-state index contributed by atoms with van der Waals surface area (Å²) in [5.41, 5.74) is 4.37. The number of H-pyrrole nitrogens is 1. The number of benzene rings is 2. The van der Waals surface area contributed by atoms with Gasteiger partial charge < -0.3 is 5.32 Å². The third-order valence-corrected chi connectivity index (χ3v) is 3.51. The van der Waals surface area contributed by atoms with Gasteiger partial charge in [-0.25, -0.2) is 5.10 Å². The second-order valence-electron chi connectivity index (χ2n) is 5.02. The van der Waals surface area contributed by atoms with Crippen LogP contribution in [0.3, 0.4) is 0 Å². The van der Waals surface area contributed by atoms with E-state index in [2.05, 4.69) is 53.6 Å².